The lowest BCUT2D eigenvalue weighted by molar-refractivity contribution is -0.122. The number of hydrogen-bond donors (Lipinski definition) is 0. The van der Waals surface area contributed by atoms with E-state index in [9.17, 15) is 9.59 Å². The summed E-state index contributed by atoms with van der Waals surface area (Å²) in [5.41, 5.74) is 2.69. The molecule has 1 heterocycles. The van der Waals surface area contributed by atoms with E-state index in [2.05, 4.69) is 0 Å². The van der Waals surface area contributed by atoms with Crippen LogP contribution in [0.25, 0.3) is 0 Å². The molecule has 3 nitrogen and oxygen atoms in total. The summed E-state index contributed by atoms with van der Waals surface area (Å²) in [4.78, 5) is 26.5. The Bertz CT molecular complexity index is 635. The van der Waals surface area contributed by atoms with Crippen molar-refractivity contribution in [2.24, 2.45) is 11.8 Å². The minimum atomic E-state index is -0.292. The van der Waals surface area contributed by atoms with Crippen LogP contribution in [0, 0.1) is 25.7 Å². The normalized spacial score (nSPS) is 25.8. The molecule has 0 N–H and O–H groups in total. The predicted octanol–water partition coefficient (Wildman–Crippen LogP) is 3.33. The van der Waals surface area contributed by atoms with Crippen molar-refractivity contribution in [3.8, 4) is 0 Å². The lowest BCUT2D eigenvalue weighted by Gasteiger charge is -2.18. The Morgan fingerprint density at radius 3 is 2.60 bits per heavy atom. The molecule has 0 unspecified atom stereocenters. The van der Waals surface area contributed by atoms with Crippen molar-refractivity contribution in [1.82, 2.24) is 0 Å². The van der Waals surface area contributed by atoms with Crippen molar-refractivity contribution >= 4 is 29.1 Å². The maximum absolute atomic E-state index is 12.6. The van der Waals surface area contributed by atoms with Crippen LogP contribution in [0.4, 0.5) is 5.69 Å². The molecule has 1 saturated heterocycles. The van der Waals surface area contributed by atoms with Gasteiger partial charge in [0.2, 0.25) is 11.8 Å². The summed E-state index contributed by atoms with van der Waals surface area (Å²) in [5.74, 6) is -0.737. The van der Waals surface area contributed by atoms with Gasteiger partial charge in [0.25, 0.3) is 0 Å². The molecule has 2 amide bonds. The monoisotopic (exact) mass is 289 g/mol. The van der Waals surface area contributed by atoms with E-state index in [0.29, 0.717) is 23.6 Å². The topological polar surface area (TPSA) is 37.4 Å². The first-order valence-electron chi connectivity index (χ1n) is 6.78. The van der Waals surface area contributed by atoms with Gasteiger partial charge in [0.05, 0.1) is 17.5 Å². The van der Waals surface area contributed by atoms with Crippen LogP contribution in [0.15, 0.2) is 29.3 Å². The summed E-state index contributed by atoms with van der Waals surface area (Å²) < 4.78 is 0. The molecule has 0 bridgehead atoms. The van der Waals surface area contributed by atoms with E-state index in [-0.39, 0.29) is 23.7 Å². The number of aryl methyl sites for hydroxylation is 2. The van der Waals surface area contributed by atoms with Gasteiger partial charge >= 0.3 is 0 Å². The Balaban J connectivity index is 2.02. The fourth-order valence-corrected chi connectivity index (χ4v) is 3.28. The third-order valence-electron chi connectivity index (χ3n) is 4.17. The minimum Gasteiger partial charge on any atom is -0.274 e. The quantitative estimate of drug-likeness (QED) is 0.744. The zero-order chi connectivity index (χ0) is 14.4. The van der Waals surface area contributed by atoms with Crippen molar-refractivity contribution in [2.45, 2.75) is 26.7 Å². The highest BCUT2D eigenvalue weighted by Gasteiger charge is 2.49. The maximum atomic E-state index is 12.6. The van der Waals surface area contributed by atoms with Gasteiger partial charge in [-0.2, -0.15) is 0 Å². The van der Waals surface area contributed by atoms with Gasteiger partial charge in [0, 0.05) is 5.03 Å². The van der Waals surface area contributed by atoms with Gasteiger partial charge in [0.15, 0.2) is 0 Å². The van der Waals surface area contributed by atoms with Gasteiger partial charge in [-0.25, -0.2) is 4.90 Å². The molecule has 104 valence electrons. The molecule has 0 radical (unpaired) electrons. The number of anilines is 1. The molecule has 1 fully saturated rings. The largest absolute Gasteiger partial charge is 0.274 e. The molecule has 1 aromatic rings. The molecule has 1 aromatic carbocycles. The van der Waals surface area contributed by atoms with Crippen LogP contribution in [-0.4, -0.2) is 11.8 Å². The molecule has 0 saturated carbocycles. The second-order valence-electron chi connectivity index (χ2n) is 5.61. The number of amides is 2. The number of hydrogen-bond acceptors (Lipinski definition) is 2. The van der Waals surface area contributed by atoms with Gasteiger partial charge in [-0.05, 0) is 43.9 Å². The second-order valence-corrected chi connectivity index (χ2v) is 6.09. The number of imide groups is 1. The number of carbonyl (C=O) groups is 2. The third-order valence-corrected chi connectivity index (χ3v) is 4.48. The van der Waals surface area contributed by atoms with Gasteiger partial charge in [0.1, 0.15) is 0 Å². The van der Waals surface area contributed by atoms with Crippen LogP contribution < -0.4 is 4.90 Å². The molecule has 2 aliphatic rings. The molecular weight excluding hydrogens is 274 g/mol. The van der Waals surface area contributed by atoms with E-state index in [0.717, 1.165) is 11.1 Å². The average Bonchev–Trinajstić information content (AvgIpc) is 2.65. The fourth-order valence-electron chi connectivity index (χ4n) is 3.03. The van der Waals surface area contributed by atoms with Crippen molar-refractivity contribution < 1.29 is 9.59 Å². The van der Waals surface area contributed by atoms with Gasteiger partial charge in [-0.15, -0.1) is 0 Å². The van der Waals surface area contributed by atoms with Crippen molar-refractivity contribution in [3.05, 3.63) is 40.4 Å². The Labute approximate surface area is 123 Å². The maximum Gasteiger partial charge on any atom is 0.238 e. The molecule has 4 heteroatoms. The molecule has 3 rings (SSSR count). The van der Waals surface area contributed by atoms with Gasteiger partial charge < -0.3 is 0 Å². The molecule has 1 aliphatic heterocycles. The number of allylic oxidation sites excluding steroid dienone is 2. The first-order chi connectivity index (χ1) is 9.49. The average molecular weight is 290 g/mol. The summed E-state index contributed by atoms with van der Waals surface area (Å²) >= 11 is 6.03. The highest BCUT2D eigenvalue weighted by atomic mass is 35.5. The zero-order valence-electron chi connectivity index (χ0n) is 11.5. The van der Waals surface area contributed by atoms with Crippen molar-refractivity contribution in [2.75, 3.05) is 4.90 Å². The standard InChI is InChI=1S/C16H16ClNO2/c1-9-3-4-10(2)14(7-9)18-15(19)12-6-5-11(17)8-13(12)16(18)20/h3-5,7,12-13H,6,8H2,1-2H3/t12-,13+/m1/s1. The van der Waals surface area contributed by atoms with Crippen LogP contribution >= 0.6 is 11.6 Å². The van der Waals surface area contributed by atoms with Crippen molar-refractivity contribution in [3.63, 3.8) is 0 Å². The summed E-state index contributed by atoms with van der Waals surface area (Å²) in [7, 11) is 0. The van der Waals surface area contributed by atoms with Crippen LogP contribution in [0.3, 0.4) is 0 Å². The number of halogens is 1. The minimum absolute atomic E-state index is 0.0888. The first-order valence-corrected chi connectivity index (χ1v) is 7.16. The number of fused-ring (bicyclic) bond motifs is 1. The smallest absolute Gasteiger partial charge is 0.238 e. The van der Waals surface area contributed by atoms with E-state index in [4.69, 9.17) is 11.6 Å². The summed E-state index contributed by atoms with van der Waals surface area (Å²) in [5, 5.41) is 0.690. The number of nitrogens with zero attached hydrogens (tertiary/aromatic N) is 1. The fraction of sp³-hybridized carbons (Fsp3) is 0.375. The molecule has 0 spiro atoms. The van der Waals surface area contributed by atoms with E-state index < -0.39 is 0 Å². The SMILES string of the molecule is Cc1ccc(C)c(N2C(=O)[C@H]3CC(Cl)=CC[C@H]3C2=O)c1. The molecule has 20 heavy (non-hydrogen) atoms. The zero-order valence-corrected chi connectivity index (χ0v) is 12.3. The molecule has 2 atom stereocenters. The molecule has 0 aromatic heterocycles. The Morgan fingerprint density at radius 2 is 1.85 bits per heavy atom. The number of rotatable bonds is 1. The van der Waals surface area contributed by atoms with E-state index in [1.807, 2.05) is 38.1 Å². The Morgan fingerprint density at radius 1 is 1.15 bits per heavy atom. The Kier molecular flexibility index (Phi) is 3.17. The van der Waals surface area contributed by atoms with Gasteiger partial charge in [-0.3, -0.25) is 9.59 Å². The highest BCUT2D eigenvalue weighted by Crippen LogP contribution is 2.41. The van der Waals surface area contributed by atoms with E-state index in [1.54, 1.807) is 0 Å². The second kappa shape index (κ2) is 4.74. The van der Waals surface area contributed by atoms with E-state index >= 15 is 0 Å². The molecular formula is C16H16ClNO2. The predicted molar refractivity (Wildman–Crippen MR) is 78.6 cm³/mol. The lowest BCUT2D eigenvalue weighted by atomic mass is 9.85. The van der Waals surface area contributed by atoms with Crippen LogP contribution in [0.5, 0.6) is 0 Å². The molecule has 1 aliphatic carbocycles. The lowest BCUT2D eigenvalue weighted by Crippen LogP contribution is -2.31. The Hall–Kier alpha value is -1.61. The number of carbonyl (C=O) groups excluding carboxylic acids is 2. The van der Waals surface area contributed by atoms with Crippen LogP contribution in [0.1, 0.15) is 24.0 Å². The summed E-state index contributed by atoms with van der Waals surface area (Å²) in [6.45, 7) is 3.88. The highest BCUT2D eigenvalue weighted by molar-refractivity contribution is 6.30. The summed E-state index contributed by atoms with van der Waals surface area (Å²) in [6.07, 6.45) is 2.91. The first kappa shape index (κ1) is 13.4. The van der Waals surface area contributed by atoms with Crippen LogP contribution in [0.2, 0.25) is 0 Å². The summed E-state index contributed by atoms with van der Waals surface area (Å²) in [6, 6.07) is 5.82. The van der Waals surface area contributed by atoms with Crippen molar-refractivity contribution in [1.29, 1.82) is 0 Å². The number of benzene rings is 1. The van der Waals surface area contributed by atoms with Gasteiger partial charge in [-0.1, -0.05) is 29.8 Å². The van der Waals surface area contributed by atoms with Crippen LogP contribution in [-0.2, 0) is 9.59 Å². The third kappa shape index (κ3) is 1.97. The van der Waals surface area contributed by atoms with E-state index in [1.165, 1.54) is 4.90 Å².